The van der Waals surface area contributed by atoms with Gasteiger partial charge in [0, 0.05) is 11.8 Å². The minimum absolute atomic E-state index is 0.0210. The van der Waals surface area contributed by atoms with Gasteiger partial charge < -0.3 is 10.1 Å². The van der Waals surface area contributed by atoms with Crippen LogP contribution in [0.1, 0.15) is 0 Å². The summed E-state index contributed by atoms with van der Waals surface area (Å²) in [5, 5.41) is 2.64. The number of nitrogens with zero attached hydrogens (tertiary/aromatic N) is 1. The minimum Gasteiger partial charge on any atom is -0.497 e. The summed E-state index contributed by atoms with van der Waals surface area (Å²) in [7, 11) is 1.53. The van der Waals surface area contributed by atoms with E-state index in [-0.39, 0.29) is 25.5 Å². The van der Waals surface area contributed by atoms with Crippen LogP contribution in [0.2, 0.25) is 0 Å². The third-order valence-corrected chi connectivity index (χ3v) is 2.63. The van der Waals surface area contributed by atoms with Crippen molar-refractivity contribution in [2.24, 2.45) is 0 Å². The lowest BCUT2D eigenvalue weighted by Crippen LogP contribution is -2.57. The molecule has 0 aromatic heterocycles. The lowest BCUT2D eigenvalue weighted by Gasteiger charge is -2.37. The Hall–Kier alpha value is -1.69. The molecule has 1 fully saturated rings. The van der Waals surface area contributed by atoms with Crippen molar-refractivity contribution in [2.45, 2.75) is 5.92 Å². The molecule has 0 saturated carbocycles. The van der Waals surface area contributed by atoms with Gasteiger partial charge >= 0.3 is 0 Å². The standard InChI is InChI=1S/C12H14F2N2O2/c1-18-10-4-2-3-9(5-10)15-11(17)6-16-7-12(13,14)8-16/h2-5H,6-8H2,1H3,(H,15,17). The van der Waals surface area contributed by atoms with Crippen LogP contribution in [0.5, 0.6) is 5.75 Å². The predicted octanol–water partition coefficient (Wildman–Crippen LogP) is 1.58. The molecule has 0 spiro atoms. The fourth-order valence-corrected chi connectivity index (χ4v) is 1.82. The number of likely N-dealkylation sites (tertiary alicyclic amines) is 1. The number of alkyl halides is 2. The molecule has 1 aromatic rings. The van der Waals surface area contributed by atoms with Crippen molar-refractivity contribution in [1.29, 1.82) is 0 Å². The molecule has 1 aliphatic rings. The molecule has 2 rings (SSSR count). The number of carbonyl (C=O) groups excluding carboxylic acids is 1. The first-order chi connectivity index (χ1) is 8.48. The highest BCUT2D eigenvalue weighted by Gasteiger charge is 2.44. The highest BCUT2D eigenvalue weighted by atomic mass is 19.3. The summed E-state index contributed by atoms with van der Waals surface area (Å²) >= 11 is 0. The van der Waals surface area contributed by atoms with E-state index in [2.05, 4.69) is 5.32 Å². The molecule has 1 N–H and O–H groups in total. The summed E-state index contributed by atoms with van der Waals surface area (Å²) in [5.41, 5.74) is 0.589. The number of carbonyl (C=O) groups is 1. The lowest BCUT2D eigenvalue weighted by atomic mass is 10.1. The van der Waals surface area contributed by atoms with Crippen molar-refractivity contribution in [3.63, 3.8) is 0 Å². The zero-order valence-corrected chi connectivity index (χ0v) is 9.95. The van der Waals surface area contributed by atoms with Crippen LogP contribution in [-0.2, 0) is 4.79 Å². The number of nitrogens with one attached hydrogen (secondary N) is 1. The van der Waals surface area contributed by atoms with Crippen LogP contribution in [0.3, 0.4) is 0 Å². The van der Waals surface area contributed by atoms with E-state index in [0.29, 0.717) is 11.4 Å². The zero-order chi connectivity index (χ0) is 13.2. The van der Waals surface area contributed by atoms with Gasteiger partial charge in [-0.05, 0) is 12.1 Å². The van der Waals surface area contributed by atoms with Gasteiger partial charge in [-0.2, -0.15) is 0 Å². The molecular formula is C12H14F2N2O2. The Morgan fingerprint density at radius 3 is 2.83 bits per heavy atom. The van der Waals surface area contributed by atoms with E-state index < -0.39 is 5.92 Å². The molecule has 1 amide bonds. The van der Waals surface area contributed by atoms with E-state index in [0.717, 1.165) is 0 Å². The average Bonchev–Trinajstić information content (AvgIpc) is 2.26. The Morgan fingerprint density at radius 1 is 1.50 bits per heavy atom. The van der Waals surface area contributed by atoms with Crippen LogP contribution in [0.4, 0.5) is 14.5 Å². The van der Waals surface area contributed by atoms with Crippen molar-refractivity contribution in [1.82, 2.24) is 4.90 Å². The van der Waals surface area contributed by atoms with Gasteiger partial charge in [-0.15, -0.1) is 0 Å². The van der Waals surface area contributed by atoms with Crippen molar-refractivity contribution < 1.29 is 18.3 Å². The van der Waals surface area contributed by atoms with Gasteiger partial charge in [-0.3, -0.25) is 9.69 Å². The monoisotopic (exact) mass is 256 g/mol. The highest BCUT2D eigenvalue weighted by molar-refractivity contribution is 5.92. The van der Waals surface area contributed by atoms with Crippen LogP contribution >= 0.6 is 0 Å². The fourth-order valence-electron chi connectivity index (χ4n) is 1.82. The second-order valence-electron chi connectivity index (χ2n) is 4.28. The smallest absolute Gasteiger partial charge is 0.272 e. The lowest BCUT2D eigenvalue weighted by molar-refractivity contribution is -0.141. The van der Waals surface area contributed by atoms with Crippen LogP contribution in [0, 0.1) is 0 Å². The van der Waals surface area contributed by atoms with Gasteiger partial charge in [0.05, 0.1) is 26.7 Å². The van der Waals surface area contributed by atoms with E-state index in [1.165, 1.54) is 12.0 Å². The maximum atomic E-state index is 12.6. The third kappa shape index (κ3) is 3.16. The van der Waals surface area contributed by atoms with E-state index in [1.54, 1.807) is 24.3 Å². The Bertz CT molecular complexity index is 443. The number of halogens is 2. The van der Waals surface area contributed by atoms with Crippen LogP contribution < -0.4 is 10.1 Å². The Labute approximate surface area is 104 Å². The van der Waals surface area contributed by atoms with Gasteiger partial charge in [-0.25, -0.2) is 8.78 Å². The summed E-state index contributed by atoms with van der Waals surface area (Å²) < 4.78 is 30.2. The van der Waals surface area contributed by atoms with Crippen molar-refractivity contribution in [3.8, 4) is 5.75 Å². The largest absolute Gasteiger partial charge is 0.497 e. The topological polar surface area (TPSA) is 41.6 Å². The summed E-state index contributed by atoms with van der Waals surface area (Å²) in [6.45, 7) is -0.718. The molecule has 6 heteroatoms. The SMILES string of the molecule is COc1cccc(NC(=O)CN2CC(F)(F)C2)c1. The molecule has 1 aliphatic heterocycles. The Kier molecular flexibility index (Phi) is 3.47. The Morgan fingerprint density at radius 2 is 2.22 bits per heavy atom. The van der Waals surface area contributed by atoms with E-state index in [4.69, 9.17) is 4.74 Å². The molecule has 98 valence electrons. The molecule has 4 nitrogen and oxygen atoms in total. The van der Waals surface area contributed by atoms with Crippen LogP contribution in [-0.4, -0.2) is 43.5 Å². The van der Waals surface area contributed by atoms with E-state index in [9.17, 15) is 13.6 Å². The molecule has 1 aromatic carbocycles. The number of amides is 1. The molecule has 0 atom stereocenters. The van der Waals surface area contributed by atoms with Crippen LogP contribution in [0.25, 0.3) is 0 Å². The number of hydrogen-bond acceptors (Lipinski definition) is 3. The normalized spacial score (nSPS) is 17.9. The minimum atomic E-state index is -2.64. The first-order valence-corrected chi connectivity index (χ1v) is 5.53. The number of benzene rings is 1. The van der Waals surface area contributed by atoms with E-state index >= 15 is 0 Å². The summed E-state index contributed by atoms with van der Waals surface area (Å²) in [4.78, 5) is 13.0. The molecule has 1 saturated heterocycles. The van der Waals surface area contributed by atoms with Crippen molar-refractivity contribution in [3.05, 3.63) is 24.3 Å². The molecule has 18 heavy (non-hydrogen) atoms. The summed E-state index contributed by atoms with van der Waals surface area (Å²) in [6.07, 6.45) is 0. The molecule has 0 bridgehead atoms. The predicted molar refractivity (Wildman–Crippen MR) is 63.0 cm³/mol. The van der Waals surface area contributed by atoms with E-state index in [1.807, 2.05) is 0 Å². The summed E-state index contributed by atoms with van der Waals surface area (Å²) in [5.74, 6) is -2.32. The van der Waals surface area contributed by atoms with Gasteiger partial charge in [0.1, 0.15) is 5.75 Å². The Balaban J connectivity index is 1.84. The second-order valence-corrected chi connectivity index (χ2v) is 4.28. The van der Waals surface area contributed by atoms with Crippen LogP contribution in [0.15, 0.2) is 24.3 Å². The maximum absolute atomic E-state index is 12.6. The second kappa shape index (κ2) is 4.89. The van der Waals surface area contributed by atoms with Gasteiger partial charge in [0.2, 0.25) is 5.91 Å². The van der Waals surface area contributed by atoms with Crippen molar-refractivity contribution >= 4 is 11.6 Å². The average molecular weight is 256 g/mol. The molecule has 1 heterocycles. The third-order valence-electron chi connectivity index (χ3n) is 2.63. The van der Waals surface area contributed by atoms with Gasteiger partial charge in [0.25, 0.3) is 5.92 Å². The number of anilines is 1. The quantitative estimate of drug-likeness (QED) is 0.889. The number of hydrogen-bond donors (Lipinski definition) is 1. The molecule has 0 aliphatic carbocycles. The number of rotatable bonds is 4. The first kappa shape index (κ1) is 12.8. The maximum Gasteiger partial charge on any atom is 0.272 e. The summed E-state index contributed by atoms with van der Waals surface area (Å²) in [6, 6.07) is 6.88. The molecular weight excluding hydrogens is 242 g/mol. The van der Waals surface area contributed by atoms with Gasteiger partial charge in [-0.1, -0.05) is 6.07 Å². The first-order valence-electron chi connectivity index (χ1n) is 5.53. The molecule has 0 radical (unpaired) electrons. The number of methoxy groups -OCH3 is 1. The zero-order valence-electron chi connectivity index (χ0n) is 9.95. The fraction of sp³-hybridized carbons (Fsp3) is 0.417. The molecule has 0 unspecified atom stereocenters. The van der Waals surface area contributed by atoms with Crippen molar-refractivity contribution in [2.75, 3.05) is 32.1 Å². The van der Waals surface area contributed by atoms with Gasteiger partial charge in [0.15, 0.2) is 0 Å². The highest BCUT2D eigenvalue weighted by Crippen LogP contribution is 2.26. The number of ether oxygens (including phenoxy) is 1.